The van der Waals surface area contributed by atoms with E-state index in [9.17, 15) is 4.39 Å². The fourth-order valence-electron chi connectivity index (χ4n) is 1.53. The van der Waals surface area contributed by atoms with Crippen molar-refractivity contribution < 1.29 is 4.39 Å². The summed E-state index contributed by atoms with van der Waals surface area (Å²) in [7, 11) is 0. The highest BCUT2D eigenvalue weighted by molar-refractivity contribution is 14.1. The Labute approximate surface area is 123 Å². The second-order valence-corrected chi connectivity index (χ2v) is 5.11. The highest BCUT2D eigenvalue weighted by atomic mass is 127. The molecular weight excluding hydrogens is 368 g/mol. The quantitative estimate of drug-likeness (QED) is 0.644. The highest BCUT2D eigenvalue weighted by Crippen LogP contribution is 2.26. The van der Waals surface area contributed by atoms with E-state index >= 15 is 0 Å². The molecule has 94 valence electrons. The summed E-state index contributed by atoms with van der Waals surface area (Å²) in [5.41, 5.74) is 1.64. The molecule has 0 aliphatic heterocycles. The van der Waals surface area contributed by atoms with E-state index in [1.165, 1.54) is 18.5 Å². The van der Waals surface area contributed by atoms with Crippen LogP contribution < -0.4 is 5.32 Å². The van der Waals surface area contributed by atoms with Crippen LogP contribution in [0.1, 0.15) is 12.5 Å². The van der Waals surface area contributed by atoms with Crippen LogP contribution in [0.5, 0.6) is 0 Å². The van der Waals surface area contributed by atoms with Crippen LogP contribution in [0, 0.1) is 9.39 Å². The summed E-state index contributed by atoms with van der Waals surface area (Å²) in [6.45, 7) is 1.98. The fraction of sp³-hybridized carbons (Fsp3) is 0.167. The van der Waals surface area contributed by atoms with Crippen LogP contribution in [-0.2, 0) is 6.42 Å². The lowest BCUT2D eigenvalue weighted by atomic mass is 10.2. The van der Waals surface area contributed by atoms with Crippen molar-refractivity contribution in [3.05, 3.63) is 44.6 Å². The van der Waals surface area contributed by atoms with Crippen molar-refractivity contribution in [2.45, 2.75) is 13.3 Å². The van der Waals surface area contributed by atoms with E-state index in [2.05, 4.69) is 37.9 Å². The summed E-state index contributed by atoms with van der Waals surface area (Å²) in [5.74, 6) is 0.392. The zero-order valence-electron chi connectivity index (χ0n) is 9.54. The van der Waals surface area contributed by atoms with Gasteiger partial charge in [-0.15, -0.1) is 0 Å². The van der Waals surface area contributed by atoms with Gasteiger partial charge in [0.05, 0.1) is 5.69 Å². The van der Waals surface area contributed by atoms with Crippen LogP contribution in [0.2, 0.25) is 5.15 Å². The number of anilines is 2. The summed E-state index contributed by atoms with van der Waals surface area (Å²) in [4.78, 5) is 8.11. The molecule has 0 amide bonds. The first-order chi connectivity index (χ1) is 8.61. The average molecular weight is 378 g/mol. The van der Waals surface area contributed by atoms with Gasteiger partial charge in [-0.25, -0.2) is 14.4 Å². The number of nitrogens with one attached hydrogen (secondary N) is 1. The maximum Gasteiger partial charge on any atom is 0.138 e. The molecule has 1 N–H and O–H groups in total. The van der Waals surface area contributed by atoms with Crippen molar-refractivity contribution in [1.82, 2.24) is 9.97 Å². The minimum atomic E-state index is -0.263. The Morgan fingerprint density at radius 2 is 2.17 bits per heavy atom. The van der Waals surface area contributed by atoms with Crippen LogP contribution in [0.25, 0.3) is 0 Å². The molecule has 1 aromatic heterocycles. The van der Waals surface area contributed by atoms with E-state index in [-0.39, 0.29) is 5.82 Å². The Morgan fingerprint density at radius 1 is 1.39 bits per heavy atom. The molecule has 0 saturated carbocycles. The van der Waals surface area contributed by atoms with E-state index < -0.39 is 0 Å². The molecule has 0 aliphatic carbocycles. The first-order valence-corrected chi connectivity index (χ1v) is 6.79. The summed E-state index contributed by atoms with van der Waals surface area (Å²) in [5, 5.41) is 3.59. The van der Waals surface area contributed by atoms with Gasteiger partial charge in [0.25, 0.3) is 0 Å². The van der Waals surface area contributed by atoms with Crippen LogP contribution >= 0.6 is 34.2 Å². The fourth-order valence-corrected chi connectivity index (χ4v) is 2.41. The third-order valence-electron chi connectivity index (χ3n) is 2.43. The minimum absolute atomic E-state index is 0.263. The average Bonchev–Trinajstić information content (AvgIpc) is 2.33. The number of hydrogen-bond acceptors (Lipinski definition) is 3. The van der Waals surface area contributed by atoms with Crippen molar-refractivity contribution in [1.29, 1.82) is 0 Å². The summed E-state index contributed by atoms with van der Waals surface area (Å²) >= 11 is 8.07. The number of hydrogen-bond donors (Lipinski definition) is 1. The standard InChI is InChI=1S/C12H10ClFIN3/c1-2-8-11(13)16-6-17-12(8)18-10-4-3-7(14)5-9(10)15/h3-6H,2H2,1H3,(H,16,17,18). The van der Waals surface area contributed by atoms with Crippen molar-refractivity contribution in [2.75, 3.05) is 5.32 Å². The van der Waals surface area contributed by atoms with Crippen LogP contribution in [0.4, 0.5) is 15.9 Å². The normalized spacial score (nSPS) is 10.4. The Morgan fingerprint density at radius 3 is 2.83 bits per heavy atom. The van der Waals surface area contributed by atoms with Crippen molar-refractivity contribution in [2.24, 2.45) is 0 Å². The molecule has 1 aromatic carbocycles. The smallest absolute Gasteiger partial charge is 0.138 e. The molecule has 0 radical (unpaired) electrons. The second kappa shape index (κ2) is 5.79. The first-order valence-electron chi connectivity index (χ1n) is 5.33. The zero-order valence-corrected chi connectivity index (χ0v) is 12.5. The number of benzene rings is 1. The molecule has 0 atom stereocenters. The Bertz CT molecular complexity index is 577. The lowest BCUT2D eigenvalue weighted by molar-refractivity contribution is 0.627. The predicted molar refractivity (Wildman–Crippen MR) is 78.8 cm³/mol. The Balaban J connectivity index is 2.37. The predicted octanol–water partition coefficient (Wildman–Crippen LogP) is 4.18. The van der Waals surface area contributed by atoms with E-state index in [1.54, 1.807) is 6.07 Å². The first kappa shape index (κ1) is 13.5. The largest absolute Gasteiger partial charge is 0.339 e. The van der Waals surface area contributed by atoms with Gasteiger partial charge < -0.3 is 5.32 Å². The van der Waals surface area contributed by atoms with Gasteiger partial charge in [-0.1, -0.05) is 18.5 Å². The number of rotatable bonds is 3. The third kappa shape index (κ3) is 2.89. The van der Waals surface area contributed by atoms with Gasteiger partial charge in [0.15, 0.2) is 0 Å². The lowest BCUT2D eigenvalue weighted by Crippen LogP contribution is -2.02. The number of aromatic nitrogens is 2. The maximum absolute atomic E-state index is 13.0. The van der Waals surface area contributed by atoms with E-state index in [0.717, 1.165) is 21.2 Å². The molecule has 0 spiro atoms. The molecule has 0 saturated heterocycles. The van der Waals surface area contributed by atoms with Gasteiger partial charge in [-0.3, -0.25) is 0 Å². The van der Waals surface area contributed by atoms with Gasteiger partial charge in [-0.2, -0.15) is 0 Å². The van der Waals surface area contributed by atoms with Crippen molar-refractivity contribution in [3.63, 3.8) is 0 Å². The lowest BCUT2D eigenvalue weighted by Gasteiger charge is -2.11. The molecule has 0 fully saturated rings. The van der Waals surface area contributed by atoms with Gasteiger partial charge in [0.1, 0.15) is 23.1 Å². The van der Waals surface area contributed by atoms with Crippen LogP contribution in [0.3, 0.4) is 0 Å². The van der Waals surface area contributed by atoms with Crippen LogP contribution in [-0.4, -0.2) is 9.97 Å². The van der Waals surface area contributed by atoms with E-state index in [4.69, 9.17) is 11.6 Å². The Hall–Kier alpha value is -0.950. The monoisotopic (exact) mass is 377 g/mol. The SMILES string of the molecule is CCc1c(Cl)ncnc1Nc1ccc(F)cc1I. The molecule has 0 bridgehead atoms. The maximum atomic E-state index is 13.0. The molecular formula is C12H10ClFIN3. The molecule has 0 aliphatic rings. The van der Waals surface area contributed by atoms with Crippen molar-refractivity contribution >= 4 is 45.7 Å². The van der Waals surface area contributed by atoms with Gasteiger partial charge in [0, 0.05) is 9.13 Å². The topological polar surface area (TPSA) is 37.8 Å². The molecule has 2 rings (SSSR count). The Kier molecular flexibility index (Phi) is 4.34. The zero-order chi connectivity index (χ0) is 13.1. The molecule has 2 aromatic rings. The molecule has 6 heteroatoms. The highest BCUT2D eigenvalue weighted by Gasteiger charge is 2.09. The summed E-state index contributed by atoms with van der Waals surface area (Å²) in [6.07, 6.45) is 2.12. The van der Waals surface area contributed by atoms with Crippen LogP contribution in [0.15, 0.2) is 24.5 Å². The van der Waals surface area contributed by atoms with E-state index in [0.29, 0.717) is 11.0 Å². The van der Waals surface area contributed by atoms with E-state index in [1.807, 2.05) is 6.92 Å². The second-order valence-electron chi connectivity index (χ2n) is 3.59. The number of nitrogens with zero attached hydrogens (tertiary/aromatic N) is 2. The number of halogens is 3. The summed E-state index contributed by atoms with van der Waals surface area (Å²) in [6, 6.07) is 4.53. The van der Waals surface area contributed by atoms with Gasteiger partial charge in [-0.05, 0) is 47.2 Å². The summed E-state index contributed by atoms with van der Waals surface area (Å²) < 4.78 is 13.8. The van der Waals surface area contributed by atoms with Gasteiger partial charge in [0.2, 0.25) is 0 Å². The molecule has 0 unspecified atom stereocenters. The van der Waals surface area contributed by atoms with Crippen molar-refractivity contribution in [3.8, 4) is 0 Å². The van der Waals surface area contributed by atoms with Gasteiger partial charge >= 0.3 is 0 Å². The minimum Gasteiger partial charge on any atom is -0.339 e. The molecule has 18 heavy (non-hydrogen) atoms. The molecule has 1 heterocycles. The third-order valence-corrected chi connectivity index (χ3v) is 3.65. The molecule has 3 nitrogen and oxygen atoms in total.